The van der Waals surface area contributed by atoms with Crippen molar-refractivity contribution in [2.45, 2.75) is 63.9 Å². The zero-order valence-electron chi connectivity index (χ0n) is 21.4. The van der Waals surface area contributed by atoms with Gasteiger partial charge in [-0.1, -0.05) is 39.0 Å². The second-order valence-electron chi connectivity index (χ2n) is 11.2. The van der Waals surface area contributed by atoms with Crippen molar-refractivity contribution in [1.29, 1.82) is 0 Å². The lowest BCUT2D eigenvalue weighted by Gasteiger charge is -2.45. The van der Waals surface area contributed by atoms with E-state index in [0.717, 1.165) is 53.7 Å². The Labute approximate surface area is 212 Å². The van der Waals surface area contributed by atoms with Gasteiger partial charge in [0, 0.05) is 11.0 Å². The third kappa shape index (κ3) is 4.15. The monoisotopic (exact) mass is 488 g/mol. The van der Waals surface area contributed by atoms with Crippen LogP contribution in [0.25, 0.3) is 11.1 Å². The molecule has 2 aliphatic rings. The predicted octanol–water partition coefficient (Wildman–Crippen LogP) is 7.06. The van der Waals surface area contributed by atoms with Crippen LogP contribution in [-0.2, 0) is 28.7 Å². The fourth-order valence-corrected chi connectivity index (χ4v) is 6.00. The third-order valence-electron chi connectivity index (χ3n) is 8.06. The number of methoxy groups -OCH3 is 1. The zero-order valence-corrected chi connectivity index (χ0v) is 21.4. The molecule has 2 atom stereocenters. The number of halogens is 1. The van der Waals surface area contributed by atoms with Gasteiger partial charge in [-0.3, -0.25) is 4.79 Å². The summed E-state index contributed by atoms with van der Waals surface area (Å²) >= 11 is 0. The van der Waals surface area contributed by atoms with Crippen LogP contribution >= 0.6 is 0 Å². The second-order valence-corrected chi connectivity index (χ2v) is 11.2. The molecule has 1 saturated carbocycles. The summed E-state index contributed by atoms with van der Waals surface area (Å²) in [6, 6.07) is 17.0. The number of ether oxygens (including phenoxy) is 2. The predicted molar refractivity (Wildman–Crippen MR) is 138 cm³/mol. The maximum atomic E-state index is 14.9. The lowest BCUT2D eigenvalue weighted by Crippen LogP contribution is -2.46. The average molecular weight is 489 g/mol. The van der Waals surface area contributed by atoms with Gasteiger partial charge in [-0.2, -0.15) is 0 Å². The van der Waals surface area contributed by atoms with Gasteiger partial charge < -0.3 is 14.6 Å². The summed E-state index contributed by atoms with van der Waals surface area (Å²) in [7, 11) is 1.58. The molecule has 3 aromatic rings. The number of hydrogen-bond acceptors (Lipinski definition) is 3. The highest BCUT2D eigenvalue weighted by atomic mass is 19.1. The highest BCUT2D eigenvalue weighted by Gasteiger charge is 2.54. The Morgan fingerprint density at radius 3 is 2.47 bits per heavy atom. The van der Waals surface area contributed by atoms with Crippen LogP contribution in [0.1, 0.15) is 62.3 Å². The van der Waals surface area contributed by atoms with Gasteiger partial charge >= 0.3 is 5.97 Å². The number of aryl methyl sites for hydroxylation is 1. The van der Waals surface area contributed by atoms with Crippen LogP contribution in [0.5, 0.6) is 11.5 Å². The van der Waals surface area contributed by atoms with Crippen LogP contribution in [-0.4, -0.2) is 18.2 Å². The molecule has 0 unspecified atom stereocenters. The minimum atomic E-state index is -0.698. The Morgan fingerprint density at radius 1 is 1.03 bits per heavy atom. The number of fused-ring (bicyclic) bond motifs is 2. The molecule has 0 amide bonds. The molecule has 188 valence electrons. The molecule has 1 N–H and O–H groups in total. The van der Waals surface area contributed by atoms with E-state index in [-0.39, 0.29) is 22.6 Å². The van der Waals surface area contributed by atoms with Crippen molar-refractivity contribution in [3.8, 4) is 22.6 Å². The average Bonchev–Trinajstić information content (AvgIpc) is 3.22. The van der Waals surface area contributed by atoms with E-state index < -0.39 is 5.97 Å². The number of rotatable bonds is 6. The zero-order chi connectivity index (χ0) is 25.7. The second kappa shape index (κ2) is 8.95. The first-order chi connectivity index (χ1) is 17.1. The first-order valence-electron chi connectivity index (χ1n) is 12.6. The van der Waals surface area contributed by atoms with Gasteiger partial charge in [0.2, 0.25) is 0 Å². The SMILES string of the molecule is COc1ccc(F)c(-c2cc(COc3ccc4c(c3)[C@@]3(CC4)CC[C@@H]3C(=O)O)ccc2C(C)(C)C)c1. The molecule has 2 aliphatic carbocycles. The molecular formula is C31H33FO4. The fourth-order valence-electron chi connectivity index (χ4n) is 6.00. The van der Waals surface area contributed by atoms with E-state index in [1.165, 1.54) is 11.6 Å². The third-order valence-corrected chi connectivity index (χ3v) is 8.06. The number of aliphatic carboxylic acids is 1. The Bertz CT molecular complexity index is 1320. The topological polar surface area (TPSA) is 55.8 Å². The molecule has 1 spiro atoms. The Kier molecular flexibility index (Phi) is 6.06. The molecule has 0 saturated heterocycles. The first kappa shape index (κ1) is 24.4. The molecule has 0 aromatic heterocycles. The number of hydrogen-bond donors (Lipinski definition) is 1. The van der Waals surface area contributed by atoms with Crippen molar-refractivity contribution in [2.24, 2.45) is 5.92 Å². The largest absolute Gasteiger partial charge is 0.497 e. The number of carbonyl (C=O) groups is 1. The maximum absolute atomic E-state index is 14.9. The summed E-state index contributed by atoms with van der Waals surface area (Å²) in [5, 5.41) is 9.69. The van der Waals surface area contributed by atoms with Crippen LogP contribution in [0.2, 0.25) is 0 Å². The molecule has 5 heteroatoms. The van der Waals surface area contributed by atoms with Gasteiger partial charge in [0.25, 0.3) is 0 Å². The first-order valence-corrected chi connectivity index (χ1v) is 12.6. The van der Waals surface area contributed by atoms with Crippen molar-refractivity contribution in [1.82, 2.24) is 0 Å². The van der Waals surface area contributed by atoms with Crippen molar-refractivity contribution in [3.63, 3.8) is 0 Å². The standard InChI is InChI=1S/C31H33FO4/c1-30(2,3)25-9-5-19(15-23(25)24-16-21(35-4)8-10-28(24)32)18-36-22-7-6-20-11-13-31(27(20)17-22)14-12-26(31)29(33)34/h5-10,15-17,26H,11-14,18H2,1-4H3,(H,33,34)/t26-,31+/m1/s1. The molecule has 36 heavy (non-hydrogen) atoms. The van der Waals surface area contributed by atoms with Gasteiger partial charge in [-0.05, 0) is 95.3 Å². The quantitative estimate of drug-likeness (QED) is 0.404. The fraction of sp³-hybridized carbons (Fsp3) is 0.387. The van der Waals surface area contributed by atoms with Gasteiger partial charge in [-0.15, -0.1) is 0 Å². The normalized spacial score (nSPS) is 20.6. The van der Waals surface area contributed by atoms with Gasteiger partial charge in [-0.25, -0.2) is 4.39 Å². The van der Waals surface area contributed by atoms with E-state index in [0.29, 0.717) is 17.9 Å². The van der Waals surface area contributed by atoms with E-state index in [1.54, 1.807) is 19.2 Å². The lowest BCUT2D eigenvalue weighted by atomic mass is 9.57. The van der Waals surface area contributed by atoms with Crippen LogP contribution in [0.15, 0.2) is 54.6 Å². The molecular weight excluding hydrogens is 455 g/mol. The van der Waals surface area contributed by atoms with Gasteiger partial charge in [0.15, 0.2) is 0 Å². The van der Waals surface area contributed by atoms with Crippen molar-refractivity contribution in [3.05, 3.63) is 82.7 Å². The molecule has 1 fully saturated rings. The Hall–Kier alpha value is -3.34. The molecule has 4 nitrogen and oxygen atoms in total. The van der Waals surface area contributed by atoms with Gasteiger partial charge in [0.1, 0.15) is 23.9 Å². The highest BCUT2D eigenvalue weighted by Crippen LogP contribution is 2.57. The summed E-state index contributed by atoms with van der Waals surface area (Å²) in [6.07, 6.45) is 3.48. The Morgan fingerprint density at radius 2 is 1.81 bits per heavy atom. The minimum Gasteiger partial charge on any atom is -0.497 e. The summed E-state index contributed by atoms with van der Waals surface area (Å²) in [5.74, 6) is 0.0448. The summed E-state index contributed by atoms with van der Waals surface area (Å²) < 4.78 is 26.5. The molecule has 0 bridgehead atoms. The molecule has 5 rings (SSSR count). The van der Waals surface area contributed by atoms with Crippen LogP contribution in [0.4, 0.5) is 4.39 Å². The number of carboxylic acids is 1. The highest BCUT2D eigenvalue weighted by molar-refractivity contribution is 5.75. The molecule has 0 radical (unpaired) electrons. The molecule has 3 aromatic carbocycles. The number of benzene rings is 3. The minimum absolute atomic E-state index is 0.179. The van der Waals surface area contributed by atoms with Crippen LogP contribution in [0.3, 0.4) is 0 Å². The van der Waals surface area contributed by atoms with Crippen LogP contribution in [0, 0.1) is 11.7 Å². The van der Waals surface area contributed by atoms with E-state index in [1.807, 2.05) is 24.3 Å². The van der Waals surface area contributed by atoms with E-state index in [2.05, 4.69) is 32.9 Å². The maximum Gasteiger partial charge on any atom is 0.307 e. The van der Waals surface area contributed by atoms with Crippen molar-refractivity contribution >= 4 is 5.97 Å². The smallest absolute Gasteiger partial charge is 0.307 e. The lowest BCUT2D eigenvalue weighted by molar-refractivity contribution is -0.149. The van der Waals surface area contributed by atoms with E-state index >= 15 is 0 Å². The van der Waals surface area contributed by atoms with Gasteiger partial charge in [0.05, 0.1) is 13.0 Å². The van der Waals surface area contributed by atoms with E-state index in [9.17, 15) is 14.3 Å². The van der Waals surface area contributed by atoms with Crippen molar-refractivity contribution in [2.75, 3.05) is 7.11 Å². The van der Waals surface area contributed by atoms with Crippen molar-refractivity contribution < 1.29 is 23.8 Å². The van der Waals surface area contributed by atoms with Crippen LogP contribution < -0.4 is 9.47 Å². The number of carboxylic acid groups (broad SMARTS) is 1. The molecule has 0 heterocycles. The van der Waals surface area contributed by atoms with E-state index in [4.69, 9.17) is 9.47 Å². The Balaban J connectivity index is 1.44. The summed E-state index contributed by atoms with van der Waals surface area (Å²) in [5.41, 5.74) is 5.26. The summed E-state index contributed by atoms with van der Waals surface area (Å²) in [6.45, 7) is 6.68. The molecule has 0 aliphatic heterocycles. The summed E-state index contributed by atoms with van der Waals surface area (Å²) in [4.78, 5) is 11.8.